The van der Waals surface area contributed by atoms with E-state index < -0.39 is 0 Å². The summed E-state index contributed by atoms with van der Waals surface area (Å²) >= 11 is 0. The van der Waals surface area contributed by atoms with Crippen molar-refractivity contribution in [3.63, 3.8) is 0 Å². The van der Waals surface area contributed by atoms with Gasteiger partial charge in [-0.15, -0.1) is 0 Å². The summed E-state index contributed by atoms with van der Waals surface area (Å²) in [4.78, 5) is 16.7. The third kappa shape index (κ3) is 3.95. The Balaban J connectivity index is 2.96. The Bertz CT molecular complexity index is 305. The van der Waals surface area contributed by atoms with Crippen LogP contribution >= 0.6 is 0 Å². The molecular weight excluding hydrogens is 226 g/mol. The molecule has 1 heterocycles. The highest BCUT2D eigenvalue weighted by molar-refractivity contribution is 5.83. The first kappa shape index (κ1) is 15.4. The standard InChI is InChI=1S/C14H29N3O/c1-13(2,3)17-10-14(4,5)9-15-11(12(17)18)8-16(6)7/h11,15H,8-10H2,1-7H3. The summed E-state index contributed by atoms with van der Waals surface area (Å²) in [6.45, 7) is 13.2. The fourth-order valence-corrected chi connectivity index (χ4v) is 2.31. The van der Waals surface area contributed by atoms with Crippen LogP contribution in [0.2, 0.25) is 0 Å². The lowest BCUT2D eigenvalue weighted by Crippen LogP contribution is -2.54. The number of hydrogen-bond acceptors (Lipinski definition) is 3. The number of rotatable bonds is 2. The summed E-state index contributed by atoms with van der Waals surface area (Å²) in [5.74, 6) is 0.224. The largest absolute Gasteiger partial charge is 0.336 e. The molecule has 1 rings (SSSR count). The van der Waals surface area contributed by atoms with Gasteiger partial charge < -0.3 is 15.1 Å². The van der Waals surface area contributed by atoms with E-state index in [9.17, 15) is 4.79 Å². The third-order valence-electron chi connectivity index (χ3n) is 3.33. The maximum absolute atomic E-state index is 12.7. The van der Waals surface area contributed by atoms with Gasteiger partial charge in [-0.3, -0.25) is 4.79 Å². The van der Waals surface area contributed by atoms with Crippen LogP contribution in [0.15, 0.2) is 0 Å². The number of hydrogen-bond donors (Lipinski definition) is 1. The van der Waals surface area contributed by atoms with Gasteiger partial charge in [0.2, 0.25) is 5.91 Å². The van der Waals surface area contributed by atoms with E-state index in [1.165, 1.54) is 0 Å². The summed E-state index contributed by atoms with van der Waals surface area (Å²) < 4.78 is 0. The van der Waals surface area contributed by atoms with Gasteiger partial charge in [0.05, 0.1) is 6.04 Å². The molecule has 4 heteroatoms. The van der Waals surface area contributed by atoms with E-state index in [2.05, 4.69) is 44.8 Å². The van der Waals surface area contributed by atoms with Crippen molar-refractivity contribution in [3.8, 4) is 0 Å². The first-order valence-corrected chi connectivity index (χ1v) is 6.72. The summed E-state index contributed by atoms with van der Waals surface area (Å²) in [7, 11) is 4.01. The fourth-order valence-electron chi connectivity index (χ4n) is 2.31. The highest BCUT2D eigenvalue weighted by Crippen LogP contribution is 2.26. The normalized spacial score (nSPS) is 25.4. The lowest BCUT2D eigenvalue weighted by Gasteiger charge is -2.39. The SMILES string of the molecule is CN(C)CC1NCC(C)(C)CN(C(C)(C)C)C1=O. The van der Waals surface area contributed by atoms with Gasteiger partial charge in [0.15, 0.2) is 0 Å². The lowest BCUT2D eigenvalue weighted by molar-refractivity contribution is -0.138. The number of carbonyl (C=O) groups is 1. The van der Waals surface area contributed by atoms with Crippen LogP contribution in [-0.2, 0) is 4.79 Å². The molecule has 1 atom stereocenters. The quantitative estimate of drug-likeness (QED) is 0.804. The monoisotopic (exact) mass is 255 g/mol. The molecule has 0 spiro atoms. The van der Waals surface area contributed by atoms with Crippen molar-refractivity contribution in [2.45, 2.75) is 46.2 Å². The van der Waals surface area contributed by atoms with Crippen LogP contribution in [0.3, 0.4) is 0 Å². The Labute approximate surface area is 112 Å². The van der Waals surface area contributed by atoms with E-state index in [4.69, 9.17) is 0 Å². The van der Waals surface area contributed by atoms with Crippen LogP contribution in [0.4, 0.5) is 0 Å². The van der Waals surface area contributed by atoms with Crippen molar-refractivity contribution < 1.29 is 4.79 Å². The predicted molar refractivity (Wildman–Crippen MR) is 75.6 cm³/mol. The molecule has 4 nitrogen and oxygen atoms in total. The second kappa shape index (κ2) is 5.17. The fraction of sp³-hybridized carbons (Fsp3) is 0.929. The molecule has 0 bridgehead atoms. The van der Waals surface area contributed by atoms with Crippen molar-refractivity contribution in [3.05, 3.63) is 0 Å². The first-order valence-electron chi connectivity index (χ1n) is 6.72. The molecule has 1 unspecified atom stereocenters. The molecule has 0 aromatic carbocycles. The molecule has 0 saturated carbocycles. The summed E-state index contributed by atoms with van der Waals surface area (Å²) in [5, 5.41) is 3.42. The Hall–Kier alpha value is -0.610. The minimum absolute atomic E-state index is 0.0963. The molecule has 1 saturated heterocycles. The number of nitrogens with one attached hydrogen (secondary N) is 1. The second-order valence-corrected chi connectivity index (χ2v) is 7.46. The van der Waals surface area contributed by atoms with E-state index >= 15 is 0 Å². The summed E-state index contributed by atoms with van der Waals surface area (Å²) in [6.07, 6.45) is 0. The second-order valence-electron chi connectivity index (χ2n) is 7.46. The molecule has 0 aromatic heterocycles. The Morgan fingerprint density at radius 2 is 1.94 bits per heavy atom. The van der Waals surface area contributed by atoms with Crippen molar-refractivity contribution in [2.24, 2.45) is 5.41 Å². The van der Waals surface area contributed by atoms with Gasteiger partial charge in [0.25, 0.3) is 0 Å². The zero-order valence-electron chi connectivity index (χ0n) is 13.0. The molecule has 0 aromatic rings. The topological polar surface area (TPSA) is 35.6 Å². The van der Waals surface area contributed by atoms with E-state index in [1.807, 2.05) is 19.0 Å². The zero-order valence-corrected chi connectivity index (χ0v) is 13.0. The maximum atomic E-state index is 12.7. The van der Waals surface area contributed by atoms with E-state index in [0.29, 0.717) is 0 Å². The van der Waals surface area contributed by atoms with Gasteiger partial charge in [-0.05, 0) is 40.3 Å². The summed E-state index contributed by atoms with van der Waals surface area (Å²) in [6, 6.07) is -0.0963. The van der Waals surface area contributed by atoms with E-state index in [0.717, 1.165) is 19.6 Å². The van der Waals surface area contributed by atoms with Gasteiger partial charge >= 0.3 is 0 Å². The first-order chi connectivity index (χ1) is 8.03. The molecule has 18 heavy (non-hydrogen) atoms. The minimum atomic E-state index is -0.120. The van der Waals surface area contributed by atoms with Crippen LogP contribution in [0.5, 0.6) is 0 Å². The van der Waals surface area contributed by atoms with Crippen LogP contribution < -0.4 is 5.32 Å². The Kier molecular flexibility index (Phi) is 4.44. The van der Waals surface area contributed by atoms with Gasteiger partial charge in [-0.25, -0.2) is 0 Å². The van der Waals surface area contributed by atoms with Gasteiger partial charge in [0.1, 0.15) is 0 Å². The number of nitrogens with zero attached hydrogens (tertiary/aromatic N) is 2. The molecular formula is C14H29N3O. The van der Waals surface area contributed by atoms with Crippen LogP contribution in [0.1, 0.15) is 34.6 Å². The molecule has 0 radical (unpaired) electrons. The van der Waals surface area contributed by atoms with Crippen molar-refractivity contribution in [1.29, 1.82) is 0 Å². The van der Waals surface area contributed by atoms with Gasteiger partial charge in [-0.1, -0.05) is 13.8 Å². The molecule has 1 N–H and O–H groups in total. The van der Waals surface area contributed by atoms with Gasteiger partial charge in [-0.2, -0.15) is 0 Å². The Morgan fingerprint density at radius 3 is 2.39 bits per heavy atom. The van der Waals surface area contributed by atoms with Crippen molar-refractivity contribution in [2.75, 3.05) is 33.7 Å². The molecule has 1 fully saturated rings. The van der Waals surface area contributed by atoms with Crippen LogP contribution in [0.25, 0.3) is 0 Å². The smallest absolute Gasteiger partial charge is 0.241 e. The van der Waals surface area contributed by atoms with Crippen LogP contribution in [0, 0.1) is 5.41 Å². The van der Waals surface area contributed by atoms with Crippen molar-refractivity contribution in [1.82, 2.24) is 15.1 Å². The molecule has 106 valence electrons. The Morgan fingerprint density at radius 1 is 1.39 bits per heavy atom. The third-order valence-corrected chi connectivity index (χ3v) is 3.33. The number of carbonyl (C=O) groups excluding carboxylic acids is 1. The highest BCUT2D eigenvalue weighted by atomic mass is 16.2. The lowest BCUT2D eigenvalue weighted by atomic mass is 9.91. The number of likely N-dealkylation sites (N-methyl/N-ethyl adjacent to an activating group) is 1. The van der Waals surface area contributed by atoms with Crippen LogP contribution in [-0.4, -0.2) is 61.0 Å². The number of amides is 1. The van der Waals surface area contributed by atoms with E-state index in [1.54, 1.807) is 0 Å². The maximum Gasteiger partial charge on any atom is 0.241 e. The molecule has 0 aliphatic carbocycles. The highest BCUT2D eigenvalue weighted by Gasteiger charge is 2.39. The predicted octanol–water partition coefficient (Wildman–Crippen LogP) is 1.17. The minimum Gasteiger partial charge on any atom is -0.336 e. The van der Waals surface area contributed by atoms with Gasteiger partial charge in [0, 0.05) is 25.2 Å². The summed E-state index contributed by atoms with van der Waals surface area (Å²) in [5.41, 5.74) is -0.00502. The zero-order chi connectivity index (χ0) is 14.1. The average Bonchev–Trinajstić information content (AvgIpc) is 2.27. The van der Waals surface area contributed by atoms with E-state index in [-0.39, 0.29) is 22.9 Å². The molecule has 1 aliphatic heterocycles. The molecule has 1 aliphatic rings. The molecule has 1 amide bonds. The van der Waals surface area contributed by atoms with Crippen molar-refractivity contribution >= 4 is 5.91 Å². The average molecular weight is 255 g/mol.